The van der Waals surface area contributed by atoms with E-state index in [1.54, 1.807) is 39.0 Å². The van der Waals surface area contributed by atoms with E-state index in [1.807, 2.05) is 0 Å². The zero-order valence-electron chi connectivity index (χ0n) is 29.8. The monoisotopic (exact) mass is 788 g/mol. The first kappa shape index (κ1) is 40.0. The minimum absolute atomic E-state index is 0.00181. The van der Waals surface area contributed by atoms with Gasteiger partial charge in [-0.3, -0.25) is 9.59 Å². The van der Waals surface area contributed by atoms with Crippen LogP contribution in [-0.4, -0.2) is 94.4 Å². The number of halogens is 2. The van der Waals surface area contributed by atoms with Crippen molar-refractivity contribution in [3.8, 4) is 17.2 Å². The average Bonchev–Trinajstić information content (AvgIpc) is 3.31. The summed E-state index contributed by atoms with van der Waals surface area (Å²) in [4.78, 5) is 55.0. The molecule has 0 saturated carbocycles. The molecule has 0 unspecified atom stereocenters. The number of esters is 1. The van der Waals surface area contributed by atoms with E-state index in [9.17, 15) is 19.2 Å². The number of ketones is 1. The molecular formula is C37H42BrFN2O11. The summed E-state index contributed by atoms with van der Waals surface area (Å²) in [5.41, 5.74) is -0.645. The summed E-state index contributed by atoms with van der Waals surface area (Å²) in [6.45, 7) is 5.37. The molecular weight excluding hydrogens is 747 g/mol. The number of rotatable bonds is 13. The Morgan fingerprint density at radius 3 is 2.08 bits per heavy atom. The molecule has 2 amide bonds. The van der Waals surface area contributed by atoms with Crippen molar-refractivity contribution >= 4 is 39.7 Å². The molecule has 280 valence electrons. The Hall–Kier alpha value is -4.73. The molecule has 52 heavy (non-hydrogen) atoms. The van der Waals surface area contributed by atoms with Gasteiger partial charge < -0.3 is 43.4 Å². The Balaban J connectivity index is 1.56. The van der Waals surface area contributed by atoms with Crippen LogP contribution in [0.15, 0.2) is 59.1 Å². The number of ether oxygens (including phenoxy) is 7. The smallest absolute Gasteiger partial charge is 0.410 e. The third-order valence-electron chi connectivity index (χ3n) is 7.77. The molecule has 0 radical (unpaired) electrons. The molecule has 13 nitrogen and oxygen atoms in total. The van der Waals surface area contributed by atoms with Crippen molar-refractivity contribution in [3.63, 3.8) is 0 Å². The van der Waals surface area contributed by atoms with Crippen LogP contribution in [0.1, 0.15) is 70.3 Å². The van der Waals surface area contributed by atoms with E-state index in [0.717, 1.165) is 0 Å². The first-order valence-corrected chi connectivity index (χ1v) is 17.1. The zero-order chi connectivity index (χ0) is 38.0. The normalized spacial score (nSPS) is 16.0. The number of benzene rings is 3. The van der Waals surface area contributed by atoms with E-state index >= 15 is 4.39 Å². The van der Waals surface area contributed by atoms with Gasteiger partial charge in [0.25, 0.3) is 5.91 Å². The third-order valence-corrected chi connectivity index (χ3v) is 8.39. The van der Waals surface area contributed by atoms with Crippen molar-refractivity contribution in [2.24, 2.45) is 0 Å². The summed E-state index contributed by atoms with van der Waals surface area (Å²) in [7, 11) is 4.16. The van der Waals surface area contributed by atoms with Crippen molar-refractivity contribution in [1.82, 2.24) is 10.2 Å². The molecule has 0 aliphatic carbocycles. The highest BCUT2D eigenvalue weighted by Crippen LogP contribution is 2.32. The van der Waals surface area contributed by atoms with Gasteiger partial charge in [-0.25, -0.2) is 14.0 Å². The number of hydrogen-bond acceptors (Lipinski definition) is 11. The van der Waals surface area contributed by atoms with Gasteiger partial charge in [-0.1, -0.05) is 12.1 Å². The SMILES string of the molecule is COCOc1ccc(C(=O)N[C@@H]2CN(C(=O)OC(C)(C)C)CCC[C@H]2OC(=O)c2ccc(C(=O)c3c(OCOC)ccc(OC)c3F)cc2)cc1Br. The fourth-order valence-electron chi connectivity index (χ4n) is 5.29. The van der Waals surface area contributed by atoms with Gasteiger partial charge in [-0.15, -0.1) is 0 Å². The first-order valence-electron chi connectivity index (χ1n) is 16.3. The van der Waals surface area contributed by atoms with E-state index in [1.165, 1.54) is 62.6 Å². The lowest BCUT2D eigenvalue weighted by Gasteiger charge is -2.30. The standard InChI is InChI=1S/C37H42BrFN2O11/c1-37(2,3)52-36(45)41-17-7-8-28(26(19-41)40-34(43)24-13-14-27(25(38)18-24)49-20-46-4)51-35(44)23-11-9-22(10-12-23)33(42)31-29(50-21-47-5)15-16-30(48-6)32(31)39/h9-16,18,26,28H,7-8,17,19-21H2,1-6H3,(H,40,43)/t26-,28-/m1/s1. The predicted octanol–water partition coefficient (Wildman–Crippen LogP) is 6.15. The average molecular weight is 790 g/mol. The summed E-state index contributed by atoms with van der Waals surface area (Å²) >= 11 is 3.40. The number of nitrogens with one attached hydrogen (secondary N) is 1. The van der Waals surface area contributed by atoms with Crippen LogP contribution < -0.4 is 19.5 Å². The van der Waals surface area contributed by atoms with Gasteiger partial charge in [0, 0.05) is 38.4 Å². The summed E-state index contributed by atoms with van der Waals surface area (Å²) in [6, 6.07) is 12.2. The maximum Gasteiger partial charge on any atom is 0.410 e. The largest absolute Gasteiger partial charge is 0.494 e. The minimum Gasteiger partial charge on any atom is -0.494 e. The number of nitrogens with zero attached hydrogens (tertiary/aromatic N) is 1. The van der Waals surface area contributed by atoms with Crippen molar-refractivity contribution < 1.29 is 56.7 Å². The summed E-state index contributed by atoms with van der Waals surface area (Å²) in [6.07, 6.45) is -0.637. The second kappa shape index (κ2) is 18.2. The molecule has 0 spiro atoms. The number of carbonyl (C=O) groups excluding carboxylic acids is 4. The fraction of sp³-hybridized carbons (Fsp3) is 0.405. The van der Waals surface area contributed by atoms with Gasteiger partial charge in [0.15, 0.2) is 30.9 Å². The van der Waals surface area contributed by atoms with Crippen LogP contribution in [0.25, 0.3) is 0 Å². The van der Waals surface area contributed by atoms with Crippen molar-refractivity contribution in [2.75, 3.05) is 48.0 Å². The summed E-state index contributed by atoms with van der Waals surface area (Å²) in [5, 5.41) is 2.93. The Kier molecular flexibility index (Phi) is 14.0. The zero-order valence-corrected chi connectivity index (χ0v) is 31.4. The molecule has 2 atom stereocenters. The second-order valence-corrected chi connectivity index (χ2v) is 13.6. The van der Waals surface area contributed by atoms with Crippen LogP contribution in [0.2, 0.25) is 0 Å². The Labute approximate surface area is 309 Å². The highest BCUT2D eigenvalue weighted by atomic mass is 79.9. The molecule has 15 heteroatoms. The second-order valence-electron chi connectivity index (χ2n) is 12.7. The van der Waals surface area contributed by atoms with Crippen molar-refractivity contribution in [2.45, 2.75) is 51.4 Å². The van der Waals surface area contributed by atoms with E-state index in [0.29, 0.717) is 35.2 Å². The van der Waals surface area contributed by atoms with Gasteiger partial charge in [0.05, 0.1) is 23.2 Å². The van der Waals surface area contributed by atoms with E-state index in [2.05, 4.69) is 21.2 Å². The van der Waals surface area contributed by atoms with Crippen LogP contribution in [0.4, 0.5) is 9.18 Å². The number of methoxy groups -OCH3 is 3. The van der Waals surface area contributed by atoms with Crippen molar-refractivity contribution in [1.29, 1.82) is 0 Å². The molecule has 3 aromatic rings. The quantitative estimate of drug-likeness (QED) is 0.121. The van der Waals surface area contributed by atoms with Crippen molar-refractivity contribution in [3.05, 3.63) is 87.1 Å². The number of amides is 2. The minimum atomic E-state index is -0.908. The van der Waals surface area contributed by atoms with E-state index < -0.39 is 47.3 Å². The van der Waals surface area contributed by atoms with Gasteiger partial charge in [0.2, 0.25) is 0 Å². The molecule has 1 fully saturated rings. The van der Waals surface area contributed by atoms with Gasteiger partial charge in [0.1, 0.15) is 28.8 Å². The fourth-order valence-corrected chi connectivity index (χ4v) is 5.79. The Bertz CT molecular complexity index is 1750. The number of likely N-dealkylation sites (tertiary alicyclic amines) is 1. The number of hydrogen-bond donors (Lipinski definition) is 1. The predicted molar refractivity (Wildman–Crippen MR) is 189 cm³/mol. The molecule has 0 aromatic heterocycles. The number of carbonyl (C=O) groups is 4. The van der Waals surface area contributed by atoms with Gasteiger partial charge in [-0.05, 0) is 92.0 Å². The van der Waals surface area contributed by atoms with Gasteiger partial charge in [-0.2, -0.15) is 0 Å². The third kappa shape index (κ3) is 10.4. The summed E-state index contributed by atoms with van der Waals surface area (Å²) < 4.78 is 53.1. The van der Waals surface area contributed by atoms with Crippen LogP contribution >= 0.6 is 15.9 Å². The molecule has 1 N–H and O–H groups in total. The van der Waals surface area contributed by atoms with E-state index in [-0.39, 0.29) is 48.3 Å². The lowest BCUT2D eigenvalue weighted by molar-refractivity contribution is 0.0127. The first-order chi connectivity index (χ1) is 24.8. The lowest BCUT2D eigenvalue weighted by Crippen LogP contribution is -2.51. The Morgan fingerprint density at radius 1 is 0.865 bits per heavy atom. The molecule has 3 aromatic carbocycles. The van der Waals surface area contributed by atoms with Crippen LogP contribution in [0.3, 0.4) is 0 Å². The maximum absolute atomic E-state index is 15.3. The molecule has 0 bridgehead atoms. The molecule has 1 aliphatic heterocycles. The molecule has 1 heterocycles. The van der Waals surface area contributed by atoms with Crippen LogP contribution in [-0.2, 0) is 18.9 Å². The lowest BCUT2D eigenvalue weighted by atomic mass is 10.00. The van der Waals surface area contributed by atoms with Crippen LogP contribution in [0.5, 0.6) is 17.2 Å². The Morgan fingerprint density at radius 2 is 1.46 bits per heavy atom. The summed E-state index contributed by atoms with van der Waals surface area (Å²) in [5.74, 6) is -2.54. The van der Waals surface area contributed by atoms with Crippen LogP contribution in [0, 0.1) is 5.82 Å². The molecule has 4 rings (SSSR count). The van der Waals surface area contributed by atoms with E-state index in [4.69, 9.17) is 33.2 Å². The highest BCUT2D eigenvalue weighted by Gasteiger charge is 2.35. The van der Waals surface area contributed by atoms with Gasteiger partial charge >= 0.3 is 12.1 Å². The highest BCUT2D eigenvalue weighted by molar-refractivity contribution is 9.10. The topological polar surface area (TPSA) is 148 Å². The molecule has 1 aliphatic rings. The maximum atomic E-state index is 15.3. The molecule has 1 saturated heterocycles.